The summed E-state index contributed by atoms with van der Waals surface area (Å²) in [6.45, 7) is 2.99. The highest BCUT2D eigenvalue weighted by Crippen LogP contribution is 2.41. The van der Waals surface area contributed by atoms with Gasteiger partial charge in [0.15, 0.2) is 11.0 Å². The van der Waals surface area contributed by atoms with Gasteiger partial charge in [0.1, 0.15) is 12.0 Å². The Bertz CT molecular complexity index is 933. The lowest BCUT2D eigenvalue weighted by Crippen LogP contribution is -2.27. The molecule has 1 aliphatic rings. The van der Waals surface area contributed by atoms with Crippen LogP contribution >= 0.6 is 11.6 Å². The van der Waals surface area contributed by atoms with E-state index in [9.17, 15) is 0 Å². The molecule has 1 atom stereocenters. The lowest BCUT2D eigenvalue weighted by Gasteiger charge is -2.30. The summed E-state index contributed by atoms with van der Waals surface area (Å²) in [5, 5.41) is 5.42. The molecule has 5 nitrogen and oxygen atoms in total. The van der Waals surface area contributed by atoms with Crippen molar-refractivity contribution in [2.45, 2.75) is 32.4 Å². The van der Waals surface area contributed by atoms with Crippen molar-refractivity contribution in [3.8, 4) is 0 Å². The van der Waals surface area contributed by atoms with Gasteiger partial charge in [0, 0.05) is 36.3 Å². The standard InChI is InChI=1S/C19H22ClN5/c1-4-7-13-16-12-8-5-6-9-14(12)25(3)15(16)10-24(2)19-17(23-13)18(20)21-11-22-19/h5-6,8-9,11,13,23H,4,7,10H2,1-3H3. The molecule has 1 N–H and O–H groups in total. The predicted octanol–water partition coefficient (Wildman–Crippen LogP) is 4.52. The Labute approximate surface area is 152 Å². The second kappa shape index (κ2) is 6.23. The highest BCUT2D eigenvalue weighted by molar-refractivity contribution is 6.32. The quantitative estimate of drug-likeness (QED) is 0.686. The van der Waals surface area contributed by atoms with Gasteiger partial charge >= 0.3 is 0 Å². The average Bonchev–Trinajstić information content (AvgIpc) is 2.87. The minimum absolute atomic E-state index is 0.182. The van der Waals surface area contributed by atoms with Gasteiger partial charge < -0.3 is 14.8 Å². The number of hydrogen-bond acceptors (Lipinski definition) is 4. The fraction of sp³-hybridized carbons (Fsp3) is 0.368. The number of fused-ring (bicyclic) bond motifs is 4. The average molecular weight is 356 g/mol. The van der Waals surface area contributed by atoms with E-state index in [1.54, 1.807) is 0 Å². The first-order valence-electron chi connectivity index (χ1n) is 8.66. The third-order valence-electron chi connectivity index (χ3n) is 5.05. The fourth-order valence-corrected chi connectivity index (χ4v) is 4.06. The number of nitrogens with zero attached hydrogens (tertiary/aromatic N) is 4. The number of benzene rings is 1. The van der Waals surface area contributed by atoms with Crippen LogP contribution in [0.15, 0.2) is 30.6 Å². The number of aryl methyl sites for hydroxylation is 1. The molecular formula is C19H22ClN5. The van der Waals surface area contributed by atoms with Crippen LogP contribution in [-0.4, -0.2) is 21.6 Å². The molecular weight excluding hydrogens is 334 g/mol. The Balaban J connectivity index is 1.97. The first-order chi connectivity index (χ1) is 12.1. The van der Waals surface area contributed by atoms with Crippen molar-refractivity contribution < 1.29 is 0 Å². The summed E-state index contributed by atoms with van der Waals surface area (Å²) in [6.07, 6.45) is 3.63. The lowest BCUT2D eigenvalue weighted by atomic mass is 9.97. The molecule has 0 radical (unpaired) electrons. The van der Waals surface area contributed by atoms with Gasteiger partial charge in [-0.15, -0.1) is 0 Å². The maximum Gasteiger partial charge on any atom is 0.157 e. The Morgan fingerprint density at radius 1 is 1.24 bits per heavy atom. The SMILES string of the molecule is CCCC1Nc2c(Cl)ncnc2N(C)Cc2c1c1ccccc1n2C. The van der Waals surface area contributed by atoms with Crippen LogP contribution in [0.25, 0.3) is 10.9 Å². The van der Waals surface area contributed by atoms with Gasteiger partial charge in [0.05, 0.1) is 12.6 Å². The van der Waals surface area contributed by atoms with E-state index in [4.69, 9.17) is 11.6 Å². The molecule has 130 valence electrons. The van der Waals surface area contributed by atoms with Crippen molar-refractivity contribution in [2.24, 2.45) is 7.05 Å². The van der Waals surface area contributed by atoms with Gasteiger partial charge in [-0.1, -0.05) is 43.1 Å². The monoisotopic (exact) mass is 355 g/mol. The van der Waals surface area contributed by atoms with Crippen LogP contribution in [0.2, 0.25) is 5.15 Å². The van der Waals surface area contributed by atoms with Crippen LogP contribution in [0, 0.1) is 0 Å². The van der Waals surface area contributed by atoms with Gasteiger partial charge in [-0.2, -0.15) is 0 Å². The normalized spacial score (nSPS) is 16.8. The summed E-state index contributed by atoms with van der Waals surface area (Å²) in [7, 11) is 4.19. The van der Waals surface area contributed by atoms with Gasteiger partial charge in [-0.05, 0) is 12.5 Å². The van der Waals surface area contributed by atoms with Gasteiger partial charge in [-0.25, -0.2) is 9.97 Å². The molecule has 4 rings (SSSR count). The first-order valence-corrected chi connectivity index (χ1v) is 9.04. The molecule has 3 heterocycles. The highest BCUT2D eigenvalue weighted by Gasteiger charge is 2.28. The smallest absolute Gasteiger partial charge is 0.157 e. The zero-order valence-corrected chi connectivity index (χ0v) is 15.5. The van der Waals surface area contributed by atoms with Crippen LogP contribution in [-0.2, 0) is 13.6 Å². The second-order valence-electron chi connectivity index (χ2n) is 6.64. The number of aromatic nitrogens is 3. The maximum absolute atomic E-state index is 6.40. The lowest BCUT2D eigenvalue weighted by molar-refractivity contribution is 0.654. The third-order valence-corrected chi connectivity index (χ3v) is 5.33. The van der Waals surface area contributed by atoms with E-state index in [0.717, 1.165) is 30.9 Å². The molecule has 3 aromatic rings. The molecule has 0 bridgehead atoms. The molecule has 25 heavy (non-hydrogen) atoms. The van der Waals surface area contributed by atoms with Crippen molar-refractivity contribution >= 4 is 34.0 Å². The van der Waals surface area contributed by atoms with E-state index < -0.39 is 0 Å². The molecule has 0 aliphatic carbocycles. The molecule has 2 aromatic heterocycles. The molecule has 0 fully saturated rings. The Morgan fingerprint density at radius 2 is 2.04 bits per heavy atom. The van der Waals surface area contributed by atoms with Crippen LogP contribution in [0.1, 0.15) is 37.1 Å². The molecule has 0 saturated heterocycles. The Morgan fingerprint density at radius 3 is 2.84 bits per heavy atom. The minimum Gasteiger partial charge on any atom is -0.373 e. The molecule has 1 aliphatic heterocycles. The Kier molecular flexibility index (Phi) is 4.04. The topological polar surface area (TPSA) is 46.0 Å². The van der Waals surface area contributed by atoms with E-state index in [2.05, 4.69) is 63.0 Å². The molecule has 0 amide bonds. The van der Waals surface area contributed by atoms with Crippen LogP contribution in [0.3, 0.4) is 0 Å². The summed E-state index contributed by atoms with van der Waals surface area (Å²) in [5.74, 6) is 0.844. The summed E-state index contributed by atoms with van der Waals surface area (Å²) in [5.41, 5.74) is 4.75. The zero-order valence-electron chi connectivity index (χ0n) is 14.8. The summed E-state index contributed by atoms with van der Waals surface area (Å²) < 4.78 is 2.30. The van der Waals surface area contributed by atoms with Crippen molar-refractivity contribution in [3.63, 3.8) is 0 Å². The van der Waals surface area contributed by atoms with Crippen molar-refractivity contribution in [1.29, 1.82) is 0 Å². The fourth-order valence-electron chi connectivity index (χ4n) is 3.88. The van der Waals surface area contributed by atoms with Crippen LogP contribution in [0.4, 0.5) is 11.5 Å². The van der Waals surface area contributed by atoms with E-state index in [1.807, 2.05) is 7.05 Å². The van der Waals surface area contributed by atoms with Gasteiger partial charge in [-0.3, -0.25) is 0 Å². The van der Waals surface area contributed by atoms with Crippen LogP contribution < -0.4 is 10.2 Å². The molecule has 1 unspecified atom stereocenters. The Hall–Kier alpha value is -2.27. The second-order valence-corrected chi connectivity index (χ2v) is 7.00. The number of halogens is 1. The molecule has 0 saturated carbocycles. The van der Waals surface area contributed by atoms with Gasteiger partial charge in [0.2, 0.25) is 0 Å². The minimum atomic E-state index is 0.182. The van der Waals surface area contributed by atoms with E-state index >= 15 is 0 Å². The van der Waals surface area contributed by atoms with Crippen molar-refractivity contribution in [1.82, 2.24) is 14.5 Å². The van der Waals surface area contributed by atoms with Crippen LogP contribution in [0.5, 0.6) is 0 Å². The number of nitrogens with one attached hydrogen (secondary N) is 1. The van der Waals surface area contributed by atoms with Crippen molar-refractivity contribution in [3.05, 3.63) is 47.0 Å². The third kappa shape index (κ3) is 2.54. The number of hydrogen-bond donors (Lipinski definition) is 1. The summed E-state index contributed by atoms with van der Waals surface area (Å²) in [4.78, 5) is 10.8. The van der Waals surface area contributed by atoms with E-state index in [1.165, 1.54) is 28.5 Å². The zero-order chi connectivity index (χ0) is 17.6. The molecule has 6 heteroatoms. The highest BCUT2D eigenvalue weighted by atomic mass is 35.5. The number of rotatable bonds is 2. The molecule has 1 aromatic carbocycles. The predicted molar refractivity (Wildman–Crippen MR) is 103 cm³/mol. The van der Waals surface area contributed by atoms with Crippen molar-refractivity contribution in [2.75, 3.05) is 17.3 Å². The van der Waals surface area contributed by atoms with E-state index in [-0.39, 0.29) is 6.04 Å². The molecule has 0 spiro atoms. The number of anilines is 2. The van der Waals surface area contributed by atoms with Gasteiger partial charge in [0.25, 0.3) is 0 Å². The van der Waals surface area contributed by atoms with E-state index in [0.29, 0.717) is 5.15 Å². The first kappa shape index (κ1) is 16.2. The summed E-state index contributed by atoms with van der Waals surface area (Å²) in [6, 6.07) is 8.78. The largest absolute Gasteiger partial charge is 0.373 e. The summed E-state index contributed by atoms with van der Waals surface area (Å²) >= 11 is 6.40. The number of para-hydroxylation sites is 1. The maximum atomic E-state index is 6.40.